The Hall–Kier alpha value is -0.613. The maximum absolute atomic E-state index is 2.84. The van der Waals surface area contributed by atoms with Crippen molar-refractivity contribution >= 4 is 41.0 Å². The molecule has 1 aliphatic carbocycles. The summed E-state index contributed by atoms with van der Waals surface area (Å²) < 4.78 is 0.450. The highest BCUT2D eigenvalue weighted by Crippen LogP contribution is 2.43. The molecule has 2 aromatic carbocycles. The van der Waals surface area contributed by atoms with E-state index >= 15 is 0 Å². The average molecular weight is 406 g/mol. The third-order valence-corrected chi connectivity index (χ3v) is 14.8. The molecular weight excluding hydrogens is 383 g/mol. The topological polar surface area (TPSA) is 0 Å². The smallest absolute Gasteiger partial charge is 0.0815 e. The van der Waals surface area contributed by atoms with Crippen LogP contribution < -0.4 is 10.4 Å². The molecule has 0 saturated heterocycles. The standard InChI is InChI=1S/C19H23ISi/c1-21(17-11-5-2-6-12-17,18-13-7-3-8-14-18)19(20)15-9-4-10-16-19/h2-3,5-8,11-14H,4,9-10,15-16H2,1H3. The largest absolute Gasteiger partial charge is 0.130 e. The lowest BCUT2D eigenvalue weighted by Crippen LogP contribution is -2.69. The van der Waals surface area contributed by atoms with Crippen molar-refractivity contribution in [1.29, 1.82) is 0 Å². The van der Waals surface area contributed by atoms with Crippen molar-refractivity contribution in [3.63, 3.8) is 0 Å². The molecule has 0 N–H and O–H groups in total. The number of alkyl halides is 1. The van der Waals surface area contributed by atoms with Crippen LogP contribution in [0.15, 0.2) is 60.7 Å². The first-order chi connectivity index (χ1) is 10.2. The highest BCUT2D eigenvalue weighted by atomic mass is 127. The highest BCUT2D eigenvalue weighted by molar-refractivity contribution is 14.1. The minimum Gasteiger partial charge on any atom is -0.0815 e. The zero-order valence-corrected chi connectivity index (χ0v) is 15.8. The van der Waals surface area contributed by atoms with Gasteiger partial charge in [-0.3, -0.25) is 0 Å². The maximum atomic E-state index is 2.84. The van der Waals surface area contributed by atoms with E-state index in [4.69, 9.17) is 0 Å². The van der Waals surface area contributed by atoms with Crippen molar-refractivity contribution in [2.75, 3.05) is 0 Å². The van der Waals surface area contributed by atoms with Crippen molar-refractivity contribution in [3.05, 3.63) is 60.7 Å². The molecule has 1 aliphatic rings. The molecule has 21 heavy (non-hydrogen) atoms. The van der Waals surface area contributed by atoms with E-state index in [0.29, 0.717) is 3.04 Å². The minimum absolute atomic E-state index is 0.450. The lowest BCUT2D eigenvalue weighted by Gasteiger charge is -2.46. The Morgan fingerprint density at radius 1 is 0.762 bits per heavy atom. The van der Waals surface area contributed by atoms with E-state index in [1.165, 1.54) is 32.1 Å². The average Bonchev–Trinajstić information content (AvgIpc) is 2.56. The van der Waals surface area contributed by atoms with Gasteiger partial charge in [-0.05, 0) is 12.8 Å². The van der Waals surface area contributed by atoms with Gasteiger partial charge in [-0.2, -0.15) is 0 Å². The van der Waals surface area contributed by atoms with E-state index < -0.39 is 8.07 Å². The molecule has 2 aromatic rings. The van der Waals surface area contributed by atoms with Crippen LogP contribution in [0, 0.1) is 0 Å². The number of rotatable bonds is 3. The molecule has 0 amide bonds. The molecule has 110 valence electrons. The van der Waals surface area contributed by atoms with Gasteiger partial charge in [0, 0.05) is 3.04 Å². The molecule has 0 aromatic heterocycles. The van der Waals surface area contributed by atoms with Crippen molar-refractivity contribution in [2.45, 2.75) is 41.7 Å². The van der Waals surface area contributed by atoms with Gasteiger partial charge in [-0.15, -0.1) is 0 Å². The first-order valence-corrected chi connectivity index (χ1v) is 11.5. The Bertz CT molecular complexity index is 534. The zero-order chi connectivity index (χ0) is 14.8. The minimum atomic E-state index is -1.74. The van der Waals surface area contributed by atoms with E-state index in [1.54, 1.807) is 10.4 Å². The third-order valence-electron chi connectivity index (χ3n) is 5.24. The molecule has 0 atom stereocenters. The second-order valence-corrected chi connectivity index (χ2v) is 13.8. The summed E-state index contributed by atoms with van der Waals surface area (Å²) >= 11 is 2.84. The van der Waals surface area contributed by atoms with E-state index in [9.17, 15) is 0 Å². The summed E-state index contributed by atoms with van der Waals surface area (Å²) in [7, 11) is -1.74. The van der Waals surface area contributed by atoms with Gasteiger partial charge >= 0.3 is 0 Å². The molecule has 0 heterocycles. The van der Waals surface area contributed by atoms with Crippen LogP contribution in [0.4, 0.5) is 0 Å². The Kier molecular flexibility index (Phi) is 4.55. The molecule has 0 nitrogen and oxygen atoms in total. The molecule has 1 fully saturated rings. The van der Waals surface area contributed by atoms with E-state index in [1.807, 2.05) is 0 Å². The quantitative estimate of drug-likeness (QED) is 0.398. The summed E-state index contributed by atoms with van der Waals surface area (Å²) in [5, 5.41) is 3.18. The lowest BCUT2D eigenvalue weighted by atomic mass is 10.00. The fraction of sp³-hybridized carbons (Fsp3) is 0.368. The first-order valence-electron chi connectivity index (χ1n) is 7.97. The first kappa shape index (κ1) is 15.3. The summed E-state index contributed by atoms with van der Waals surface area (Å²) in [6.45, 7) is 2.59. The van der Waals surface area contributed by atoms with E-state index in [2.05, 4.69) is 89.8 Å². The summed E-state index contributed by atoms with van der Waals surface area (Å²) in [5.74, 6) is 0. The van der Waals surface area contributed by atoms with Crippen LogP contribution in [0.25, 0.3) is 0 Å². The van der Waals surface area contributed by atoms with Gasteiger partial charge in [0.15, 0.2) is 0 Å². The molecule has 0 unspecified atom stereocenters. The van der Waals surface area contributed by atoms with Gasteiger partial charge in [-0.25, -0.2) is 0 Å². The second kappa shape index (κ2) is 6.25. The molecule has 1 saturated carbocycles. The molecule has 3 rings (SSSR count). The summed E-state index contributed by atoms with van der Waals surface area (Å²) in [6.07, 6.45) is 6.95. The predicted octanol–water partition coefficient (Wildman–Crippen LogP) is 4.56. The molecule has 0 spiro atoms. The van der Waals surface area contributed by atoms with Crippen LogP contribution in [0.3, 0.4) is 0 Å². The number of hydrogen-bond donors (Lipinski definition) is 0. The van der Waals surface area contributed by atoms with Gasteiger partial charge in [-0.1, -0.05) is 119 Å². The summed E-state index contributed by atoms with van der Waals surface area (Å²) in [5.41, 5.74) is 0. The zero-order valence-electron chi connectivity index (χ0n) is 12.7. The molecule has 2 heteroatoms. The van der Waals surface area contributed by atoms with Crippen LogP contribution in [0.2, 0.25) is 6.55 Å². The maximum Gasteiger partial charge on any atom is 0.130 e. The number of halogens is 1. The fourth-order valence-corrected chi connectivity index (χ4v) is 10.9. The van der Waals surface area contributed by atoms with Crippen molar-refractivity contribution in [1.82, 2.24) is 0 Å². The van der Waals surface area contributed by atoms with Crippen molar-refractivity contribution in [3.8, 4) is 0 Å². The van der Waals surface area contributed by atoms with Crippen molar-refractivity contribution < 1.29 is 0 Å². The van der Waals surface area contributed by atoms with Crippen LogP contribution in [-0.2, 0) is 0 Å². The van der Waals surface area contributed by atoms with Gasteiger partial charge < -0.3 is 0 Å². The highest BCUT2D eigenvalue weighted by Gasteiger charge is 2.50. The monoisotopic (exact) mass is 406 g/mol. The molecule has 0 bridgehead atoms. The number of benzene rings is 2. The Morgan fingerprint density at radius 2 is 1.19 bits per heavy atom. The normalized spacial score (nSPS) is 18.4. The van der Waals surface area contributed by atoms with Crippen LogP contribution >= 0.6 is 22.6 Å². The molecular formula is C19H23ISi. The Morgan fingerprint density at radius 3 is 1.62 bits per heavy atom. The summed E-state index contributed by atoms with van der Waals surface area (Å²) in [4.78, 5) is 0. The van der Waals surface area contributed by atoms with Crippen molar-refractivity contribution in [2.24, 2.45) is 0 Å². The predicted molar refractivity (Wildman–Crippen MR) is 104 cm³/mol. The van der Waals surface area contributed by atoms with E-state index in [-0.39, 0.29) is 0 Å². The second-order valence-electron chi connectivity index (χ2n) is 6.38. The number of hydrogen-bond acceptors (Lipinski definition) is 0. The van der Waals surface area contributed by atoms with Gasteiger partial charge in [0.2, 0.25) is 0 Å². The van der Waals surface area contributed by atoms with E-state index in [0.717, 1.165) is 0 Å². The van der Waals surface area contributed by atoms with Gasteiger partial charge in [0.05, 0.1) is 0 Å². The van der Waals surface area contributed by atoms with Crippen LogP contribution in [0.5, 0.6) is 0 Å². The van der Waals surface area contributed by atoms with Gasteiger partial charge in [0.1, 0.15) is 8.07 Å². The lowest BCUT2D eigenvalue weighted by molar-refractivity contribution is 0.489. The Balaban J connectivity index is 2.15. The fourth-order valence-electron chi connectivity index (χ4n) is 3.84. The Labute approximate surface area is 143 Å². The molecule has 0 radical (unpaired) electrons. The SMILES string of the molecule is C[Si](c1ccccc1)(c1ccccc1)C1(I)CCCCC1. The van der Waals surface area contributed by atoms with Crippen LogP contribution in [-0.4, -0.2) is 11.1 Å². The summed E-state index contributed by atoms with van der Waals surface area (Å²) in [6, 6.07) is 22.6. The molecule has 0 aliphatic heterocycles. The van der Waals surface area contributed by atoms with Gasteiger partial charge in [0.25, 0.3) is 0 Å². The van der Waals surface area contributed by atoms with Crippen LogP contribution in [0.1, 0.15) is 32.1 Å². The third kappa shape index (κ3) is 2.72.